The maximum Gasteiger partial charge on any atom is 0.263 e. The summed E-state index contributed by atoms with van der Waals surface area (Å²) in [6, 6.07) is 9.73. The molecule has 0 aliphatic carbocycles. The van der Waals surface area contributed by atoms with Crippen molar-refractivity contribution in [2.75, 3.05) is 17.9 Å². The Balaban J connectivity index is 1.72. The molecule has 0 saturated carbocycles. The second-order valence-electron chi connectivity index (χ2n) is 5.72. The molecular weight excluding hydrogens is 364 g/mol. The van der Waals surface area contributed by atoms with Crippen LogP contribution in [-0.4, -0.2) is 32.7 Å². The molecule has 134 valence electrons. The molecule has 0 radical (unpaired) electrons. The Hall–Kier alpha value is -1.83. The van der Waals surface area contributed by atoms with Gasteiger partial charge in [-0.05, 0) is 43.5 Å². The van der Waals surface area contributed by atoms with Crippen molar-refractivity contribution >= 4 is 27.3 Å². The number of rotatable bonds is 6. The molecule has 1 saturated heterocycles. The lowest BCUT2D eigenvalue weighted by Gasteiger charge is -2.23. The zero-order valence-electron chi connectivity index (χ0n) is 13.5. The van der Waals surface area contributed by atoms with Gasteiger partial charge in [-0.15, -0.1) is 0 Å². The monoisotopic (exact) mass is 382 g/mol. The molecule has 1 aromatic heterocycles. The standard InChI is InChI=1S/C17H19ClN2O4S/c18-17-9-8-14(11-19-17)25(21,22)20-15-6-1-2-7-16(15)24-12-13-5-3-4-10-23-13/h1-2,6-9,11,13,20H,3-5,10,12H2/t13-/m1/s1. The van der Waals surface area contributed by atoms with E-state index in [1.807, 2.05) is 0 Å². The van der Waals surface area contributed by atoms with Gasteiger partial charge in [-0.1, -0.05) is 23.7 Å². The average molecular weight is 383 g/mol. The van der Waals surface area contributed by atoms with E-state index in [1.54, 1.807) is 24.3 Å². The lowest BCUT2D eigenvalue weighted by atomic mass is 10.1. The van der Waals surface area contributed by atoms with Gasteiger partial charge in [0.15, 0.2) is 0 Å². The van der Waals surface area contributed by atoms with Gasteiger partial charge in [0.2, 0.25) is 0 Å². The summed E-state index contributed by atoms with van der Waals surface area (Å²) in [5.74, 6) is 0.460. The molecular formula is C17H19ClN2O4S. The predicted octanol–water partition coefficient (Wildman–Crippen LogP) is 3.48. The molecule has 0 amide bonds. The second-order valence-corrected chi connectivity index (χ2v) is 7.79. The van der Waals surface area contributed by atoms with Crippen molar-refractivity contribution in [3.05, 3.63) is 47.7 Å². The number of halogens is 1. The number of nitrogens with one attached hydrogen (secondary N) is 1. The van der Waals surface area contributed by atoms with E-state index < -0.39 is 10.0 Å². The number of pyridine rings is 1. The molecule has 1 aromatic carbocycles. The van der Waals surface area contributed by atoms with Crippen LogP contribution in [0.2, 0.25) is 5.15 Å². The number of aromatic nitrogens is 1. The normalized spacial score (nSPS) is 17.9. The van der Waals surface area contributed by atoms with E-state index in [4.69, 9.17) is 21.1 Å². The van der Waals surface area contributed by atoms with Crippen LogP contribution in [0, 0.1) is 0 Å². The smallest absolute Gasteiger partial charge is 0.263 e. The summed E-state index contributed by atoms with van der Waals surface area (Å²) in [5, 5.41) is 0.232. The van der Waals surface area contributed by atoms with Crippen LogP contribution in [0.25, 0.3) is 0 Å². The topological polar surface area (TPSA) is 77.5 Å². The molecule has 1 aliphatic heterocycles. The largest absolute Gasteiger partial charge is 0.489 e. The van der Waals surface area contributed by atoms with Crippen LogP contribution in [-0.2, 0) is 14.8 Å². The first-order valence-electron chi connectivity index (χ1n) is 8.02. The maximum atomic E-state index is 12.5. The third-order valence-electron chi connectivity index (χ3n) is 3.84. The van der Waals surface area contributed by atoms with Gasteiger partial charge in [0.25, 0.3) is 10.0 Å². The van der Waals surface area contributed by atoms with Crippen LogP contribution in [0.1, 0.15) is 19.3 Å². The Morgan fingerprint density at radius 3 is 2.80 bits per heavy atom. The Kier molecular flexibility index (Phi) is 5.78. The van der Waals surface area contributed by atoms with Gasteiger partial charge in [-0.3, -0.25) is 4.72 Å². The molecule has 1 aliphatic rings. The first-order chi connectivity index (χ1) is 12.0. The predicted molar refractivity (Wildman–Crippen MR) is 95.6 cm³/mol. The molecule has 25 heavy (non-hydrogen) atoms. The number of hydrogen-bond donors (Lipinski definition) is 1. The molecule has 0 bridgehead atoms. The number of anilines is 1. The van der Waals surface area contributed by atoms with Gasteiger partial charge < -0.3 is 9.47 Å². The van der Waals surface area contributed by atoms with Crippen molar-refractivity contribution in [2.45, 2.75) is 30.3 Å². The highest BCUT2D eigenvalue weighted by atomic mass is 35.5. The Morgan fingerprint density at radius 2 is 2.08 bits per heavy atom. The van der Waals surface area contributed by atoms with Crippen LogP contribution in [0.15, 0.2) is 47.5 Å². The van der Waals surface area contributed by atoms with Gasteiger partial charge in [0, 0.05) is 12.8 Å². The van der Waals surface area contributed by atoms with Gasteiger partial charge in [0.05, 0.1) is 11.8 Å². The quantitative estimate of drug-likeness (QED) is 0.774. The number of hydrogen-bond acceptors (Lipinski definition) is 5. The van der Waals surface area contributed by atoms with E-state index >= 15 is 0 Å². The Morgan fingerprint density at radius 1 is 1.24 bits per heavy atom. The number of nitrogens with zero attached hydrogens (tertiary/aromatic N) is 1. The minimum Gasteiger partial charge on any atom is -0.489 e. The fourth-order valence-electron chi connectivity index (χ4n) is 2.52. The first kappa shape index (κ1) is 18.0. The van der Waals surface area contributed by atoms with E-state index in [-0.39, 0.29) is 16.2 Å². The summed E-state index contributed by atoms with van der Waals surface area (Å²) in [4.78, 5) is 3.84. The summed E-state index contributed by atoms with van der Waals surface area (Å²) >= 11 is 5.70. The Bertz CT molecular complexity index is 806. The molecule has 0 unspecified atom stereocenters. The fraction of sp³-hybridized carbons (Fsp3) is 0.353. The number of benzene rings is 1. The van der Waals surface area contributed by atoms with Crippen LogP contribution >= 0.6 is 11.6 Å². The molecule has 6 nitrogen and oxygen atoms in total. The number of para-hydroxylation sites is 2. The lowest BCUT2D eigenvalue weighted by molar-refractivity contribution is -0.0109. The average Bonchev–Trinajstić information content (AvgIpc) is 2.62. The fourth-order valence-corrected chi connectivity index (χ4v) is 3.65. The maximum absolute atomic E-state index is 12.5. The summed E-state index contributed by atoms with van der Waals surface area (Å²) in [6.07, 6.45) is 4.39. The molecule has 1 N–H and O–H groups in total. The molecule has 1 atom stereocenters. The molecule has 2 aromatic rings. The van der Waals surface area contributed by atoms with Crippen LogP contribution < -0.4 is 9.46 Å². The second kappa shape index (κ2) is 8.03. The summed E-state index contributed by atoms with van der Waals surface area (Å²) in [6.45, 7) is 1.13. The van der Waals surface area contributed by atoms with E-state index in [2.05, 4.69) is 9.71 Å². The third kappa shape index (κ3) is 4.84. The van der Waals surface area contributed by atoms with Crippen molar-refractivity contribution in [3.63, 3.8) is 0 Å². The van der Waals surface area contributed by atoms with Gasteiger partial charge in [-0.2, -0.15) is 0 Å². The van der Waals surface area contributed by atoms with E-state index in [9.17, 15) is 8.42 Å². The van der Waals surface area contributed by atoms with Crippen molar-refractivity contribution in [2.24, 2.45) is 0 Å². The van der Waals surface area contributed by atoms with Crippen molar-refractivity contribution < 1.29 is 17.9 Å². The highest BCUT2D eigenvalue weighted by Crippen LogP contribution is 2.27. The molecule has 0 spiro atoms. The van der Waals surface area contributed by atoms with E-state index in [1.165, 1.54) is 18.3 Å². The molecule has 2 heterocycles. The number of ether oxygens (including phenoxy) is 2. The minimum atomic E-state index is -3.78. The van der Waals surface area contributed by atoms with Crippen LogP contribution in [0.3, 0.4) is 0 Å². The zero-order valence-corrected chi connectivity index (χ0v) is 15.1. The van der Waals surface area contributed by atoms with Gasteiger partial charge >= 0.3 is 0 Å². The third-order valence-corrected chi connectivity index (χ3v) is 5.41. The molecule has 8 heteroatoms. The zero-order chi connectivity index (χ0) is 17.7. The van der Waals surface area contributed by atoms with Crippen molar-refractivity contribution in [1.29, 1.82) is 0 Å². The SMILES string of the molecule is O=S(=O)(Nc1ccccc1OC[C@H]1CCCCO1)c1ccc(Cl)nc1. The first-order valence-corrected chi connectivity index (χ1v) is 9.88. The summed E-state index contributed by atoms with van der Waals surface area (Å²) in [5.41, 5.74) is 0.369. The minimum absolute atomic E-state index is 0.0299. The van der Waals surface area contributed by atoms with Crippen molar-refractivity contribution in [3.8, 4) is 5.75 Å². The molecule has 1 fully saturated rings. The van der Waals surface area contributed by atoms with Crippen LogP contribution in [0.5, 0.6) is 5.75 Å². The van der Waals surface area contributed by atoms with Gasteiger partial charge in [0.1, 0.15) is 22.4 Å². The Labute approximate surface area is 152 Å². The molecule has 3 rings (SSSR count). The van der Waals surface area contributed by atoms with Gasteiger partial charge in [-0.25, -0.2) is 13.4 Å². The summed E-state index contributed by atoms with van der Waals surface area (Å²) in [7, 11) is -3.78. The van der Waals surface area contributed by atoms with Crippen molar-refractivity contribution in [1.82, 2.24) is 4.98 Å². The van der Waals surface area contributed by atoms with E-state index in [0.29, 0.717) is 18.0 Å². The lowest BCUT2D eigenvalue weighted by Crippen LogP contribution is -2.26. The van der Waals surface area contributed by atoms with Crippen LogP contribution in [0.4, 0.5) is 5.69 Å². The highest BCUT2D eigenvalue weighted by molar-refractivity contribution is 7.92. The van der Waals surface area contributed by atoms with E-state index in [0.717, 1.165) is 25.9 Å². The summed E-state index contributed by atoms with van der Waals surface area (Å²) < 4.78 is 39.0. The number of sulfonamides is 1. The highest BCUT2D eigenvalue weighted by Gasteiger charge is 2.19.